The van der Waals surface area contributed by atoms with E-state index >= 15 is 0 Å². The molecule has 0 aromatic carbocycles. The highest BCUT2D eigenvalue weighted by Gasteiger charge is 2.19. The molecule has 2 amide bonds. The zero-order chi connectivity index (χ0) is 15.2. The number of carbonyl (C=O) groups is 2. The van der Waals surface area contributed by atoms with Crippen LogP contribution in [0.5, 0.6) is 0 Å². The Hall–Kier alpha value is -1.92. The molecule has 2 N–H and O–H groups in total. The van der Waals surface area contributed by atoms with Crippen molar-refractivity contribution < 1.29 is 9.59 Å². The molecular formula is C14H23N5O2. The van der Waals surface area contributed by atoms with Gasteiger partial charge in [0.15, 0.2) is 5.69 Å². The van der Waals surface area contributed by atoms with Crippen molar-refractivity contribution >= 4 is 11.8 Å². The van der Waals surface area contributed by atoms with Crippen LogP contribution in [0.4, 0.5) is 0 Å². The van der Waals surface area contributed by atoms with Crippen LogP contribution in [-0.2, 0) is 11.3 Å². The minimum Gasteiger partial charge on any atom is -0.354 e. The Kier molecular flexibility index (Phi) is 5.30. The van der Waals surface area contributed by atoms with Gasteiger partial charge in [-0.25, -0.2) is 4.68 Å². The quantitative estimate of drug-likeness (QED) is 0.809. The smallest absolute Gasteiger partial charge is 0.273 e. The van der Waals surface area contributed by atoms with Crippen molar-refractivity contribution in [3.63, 3.8) is 0 Å². The standard InChI is InChI=1S/C14H23N5O2/c1-10(2)13(20)15-7-8-19-9-12(17-18-19)14(21)16-11-5-3-4-6-11/h9-11H,3-8H2,1-2H3,(H,15,20)(H,16,21). The summed E-state index contributed by atoms with van der Waals surface area (Å²) in [4.78, 5) is 23.4. The molecule has 0 radical (unpaired) electrons. The Bertz CT molecular complexity index is 491. The molecule has 0 spiro atoms. The van der Waals surface area contributed by atoms with Crippen LogP contribution in [0.15, 0.2) is 6.20 Å². The van der Waals surface area contributed by atoms with Gasteiger partial charge in [0, 0.05) is 18.5 Å². The molecule has 0 unspecified atom stereocenters. The molecular weight excluding hydrogens is 270 g/mol. The molecule has 0 saturated heterocycles. The summed E-state index contributed by atoms with van der Waals surface area (Å²) in [5.74, 6) is -0.192. The molecule has 0 aliphatic heterocycles. The first-order valence-corrected chi connectivity index (χ1v) is 7.55. The van der Waals surface area contributed by atoms with Gasteiger partial charge in [0.25, 0.3) is 5.91 Å². The molecule has 1 aromatic heterocycles. The average Bonchev–Trinajstić information content (AvgIpc) is 3.09. The van der Waals surface area contributed by atoms with Crippen molar-refractivity contribution in [3.05, 3.63) is 11.9 Å². The van der Waals surface area contributed by atoms with Gasteiger partial charge in [-0.15, -0.1) is 5.10 Å². The highest BCUT2D eigenvalue weighted by molar-refractivity contribution is 5.92. The van der Waals surface area contributed by atoms with Crippen LogP contribution in [0.25, 0.3) is 0 Å². The van der Waals surface area contributed by atoms with Crippen LogP contribution in [0.1, 0.15) is 50.0 Å². The highest BCUT2D eigenvalue weighted by atomic mass is 16.2. The van der Waals surface area contributed by atoms with Gasteiger partial charge >= 0.3 is 0 Å². The second kappa shape index (κ2) is 7.19. The van der Waals surface area contributed by atoms with Crippen molar-refractivity contribution in [2.24, 2.45) is 5.92 Å². The maximum absolute atomic E-state index is 12.0. The van der Waals surface area contributed by atoms with Crippen molar-refractivity contribution in [2.75, 3.05) is 6.54 Å². The first-order chi connectivity index (χ1) is 10.1. The fraction of sp³-hybridized carbons (Fsp3) is 0.714. The van der Waals surface area contributed by atoms with Gasteiger partial charge in [0.1, 0.15) is 0 Å². The topological polar surface area (TPSA) is 88.9 Å². The summed E-state index contributed by atoms with van der Waals surface area (Å²) in [7, 11) is 0. The van der Waals surface area contributed by atoms with Gasteiger partial charge in [-0.3, -0.25) is 9.59 Å². The number of amides is 2. The van der Waals surface area contributed by atoms with Crippen LogP contribution < -0.4 is 10.6 Å². The Morgan fingerprint density at radius 3 is 2.76 bits per heavy atom. The van der Waals surface area contributed by atoms with Crippen molar-refractivity contribution in [1.82, 2.24) is 25.6 Å². The number of nitrogens with zero attached hydrogens (tertiary/aromatic N) is 3. The van der Waals surface area contributed by atoms with E-state index in [-0.39, 0.29) is 23.8 Å². The molecule has 1 saturated carbocycles. The highest BCUT2D eigenvalue weighted by Crippen LogP contribution is 2.17. The van der Waals surface area contributed by atoms with Gasteiger partial charge in [0.05, 0.1) is 12.7 Å². The molecule has 2 rings (SSSR count). The maximum Gasteiger partial charge on any atom is 0.273 e. The van der Waals surface area contributed by atoms with E-state index in [4.69, 9.17) is 0 Å². The molecule has 0 atom stereocenters. The molecule has 0 bridgehead atoms. The number of hydrogen-bond donors (Lipinski definition) is 2. The second-order valence-corrected chi connectivity index (χ2v) is 5.77. The van der Waals surface area contributed by atoms with E-state index in [1.165, 1.54) is 12.8 Å². The van der Waals surface area contributed by atoms with Crippen LogP contribution in [0.3, 0.4) is 0 Å². The summed E-state index contributed by atoms with van der Waals surface area (Å²) < 4.78 is 1.57. The fourth-order valence-corrected chi connectivity index (χ4v) is 2.34. The predicted octanol–water partition coefficient (Wildman–Crippen LogP) is 0.723. The lowest BCUT2D eigenvalue weighted by atomic mass is 10.2. The lowest BCUT2D eigenvalue weighted by Crippen LogP contribution is -2.32. The lowest BCUT2D eigenvalue weighted by molar-refractivity contribution is -0.124. The van der Waals surface area contributed by atoms with Gasteiger partial charge in [0.2, 0.25) is 5.91 Å². The summed E-state index contributed by atoms with van der Waals surface area (Å²) in [6, 6.07) is 0.271. The van der Waals surface area contributed by atoms with Crippen LogP contribution >= 0.6 is 0 Å². The van der Waals surface area contributed by atoms with E-state index in [0.717, 1.165) is 12.8 Å². The average molecular weight is 293 g/mol. The third-order valence-electron chi connectivity index (χ3n) is 3.63. The Balaban J connectivity index is 1.77. The summed E-state index contributed by atoms with van der Waals surface area (Å²) in [6.45, 7) is 4.67. The Labute approximate surface area is 124 Å². The van der Waals surface area contributed by atoms with Crippen molar-refractivity contribution in [2.45, 2.75) is 52.1 Å². The van der Waals surface area contributed by atoms with Gasteiger partial charge in [-0.2, -0.15) is 0 Å². The van der Waals surface area contributed by atoms with Crippen LogP contribution in [-0.4, -0.2) is 39.4 Å². The number of aromatic nitrogens is 3. The van der Waals surface area contributed by atoms with E-state index in [0.29, 0.717) is 18.8 Å². The first-order valence-electron chi connectivity index (χ1n) is 7.55. The normalized spacial score (nSPS) is 15.4. The molecule has 116 valence electrons. The fourth-order valence-electron chi connectivity index (χ4n) is 2.34. The minimum absolute atomic E-state index is 0.00863. The Morgan fingerprint density at radius 2 is 2.10 bits per heavy atom. The summed E-state index contributed by atoms with van der Waals surface area (Å²) in [6.07, 6.45) is 6.05. The predicted molar refractivity (Wildman–Crippen MR) is 77.6 cm³/mol. The molecule has 1 aliphatic carbocycles. The van der Waals surface area contributed by atoms with Crippen molar-refractivity contribution in [1.29, 1.82) is 0 Å². The summed E-state index contributed by atoms with van der Waals surface area (Å²) >= 11 is 0. The zero-order valence-corrected chi connectivity index (χ0v) is 12.6. The number of hydrogen-bond acceptors (Lipinski definition) is 4. The molecule has 1 fully saturated rings. The minimum atomic E-state index is -0.167. The zero-order valence-electron chi connectivity index (χ0n) is 12.6. The van der Waals surface area contributed by atoms with E-state index in [1.54, 1.807) is 10.9 Å². The number of carbonyl (C=O) groups excluding carboxylic acids is 2. The van der Waals surface area contributed by atoms with Crippen LogP contribution in [0, 0.1) is 5.92 Å². The summed E-state index contributed by atoms with van der Waals surface area (Å²) in [5.41, 5.74) is 0.331. The first kappa shape index (κ1) is 15.5. The monoisotopic (exact) mass is 293 g/mol. The largest absolute Gasteiger partial charge is 0.354 e. The third-order valence-corrected chi connectivity index (χ3v) is 3.63. The van der Waals surface area contributed by atoms with E-state index in [2.05, 4.69) is 20.9 Å². The van der Waals surface area contributed by atoms with Gasteiger partial charge in [-0.1, -0.05) is 31.9 Å². The van der Waals surface area contributed by atoms with Crippen LogP contribution in [0.2, 0.25) is 0 Å². The van der Waals surface area contributed by atoms with E-state index in [1.807, 2.05) is 13.8 Å². The second-order valence-electron chi connectivity index (χ2n) is 5.77. The number of nitrogens with one attached hydrogen (secondary N) is 2. The van der Waals surface area contributed by atoms with E-state index in [9.17, 15) is 9.59 Å². The molecule has 1 aromatic rings. The molecule has 1 aliphatic rings. The van der Waals surface area contributed by atoms with Gasteiger partial charge < -0.3 is 10.6 Å². The molecule has 7 nitrogen and oxygen atoms in total. The number of rotatable bonds is 6. The van der Waals surface area contributed by atoms with Crippen molar-refractivity contribution in [3.8, 4) is 0 Å². The molecule has 21 heavy (non-hydrogen) atoms. The Morgan fingerprint density at radius 1 is 1.38 bits per heavy atom. The third kappa shape index (κ3) is 4.54. The lowest BCUT2D eigenvalue weighted by Gasteiger charge is -2.09. The summed E-state index contributed by atoms with van der Waals surface area (Å²) in [5, 5.41) is 13.6. The van der Waals surface area contributed by atoms with E-state index < -0.39 is 0 Å². The SMILES string of the molecule is CC(C)C(=O)NCCn1cc(C(=O)NC2CCCC2)nn1. The van der Waals surface area contributed by atoms with Gasteiger partial charge in [-0.05, 0) is 12.8 Å². The maximum atomic E-state index is 12.0. The molecule has 1 heterocycles. The molecule has 7 heteroatoms.